The summed E-state index contributed by atoms with van der Waals surface area (Å²) in [7, 11) is 0. The van der Waals surface area contributed by atoms with Gasteiger partial charge in [0.2, 0.25) is 0 Å². The predicted molar refractivity (Wildman–Crippen MR) is 73.4 cm³/mol. The maximum Gasteiger partial charge on any atom is 0.337 e. The molecule has 0 unspecified atom stereocenters. The molecule has 0 amide bonds. The molecule has 0 saturated carbocycles. The highest BCUT2D eigenvalue weighted by Crippen LogP contribution is 2.36. The zero-order valence-electron chi connectivity index (χ0n) is 10.8. The summed E-state index contributed by atoms with van der Waals surface area (Å²) in [5, 5.41) is 9.30. The van der Waals surface area contributed by atoms with Gasteiger partial charge < -0.3 is 5.11 Å². The number of aromatic nitrogens is 1. The molecule has 1 aliphatic carbocycles. The van der Waals surface area contributed by atoms with Gasteiger partial charge in [0.15, 0.2) is 0 Å². The van der Waals surface area contributed by atoms with E-state index < -0.39 is 5.97 Å². The van der Waals surface area contributed by atoms with Gasteiger partial charge in [0.25, 0.3) is 0 Å². The maximum absolute atomic E-state index is 11.3. The number of hydrogen-bond acceptors (Lipinski definition) is 2. The molecule has 3 heteroatoms. The Bertz CT molecular complexity index is 662. The van der Waals surface area contributed by atoms with Crippen LogP contribution in [0.4, 0.5) is 0 Å². The Morgan fingerprint density at radius 1 is 1.32 bits per heavy atom. The number of carbonyl (C=O) groups is 1. The maximum atomic E-state index is 11.3. The standard InChI is InChI=1S/C16H15NO2/c1-2-5-14-13(16(18)19)9-11-8-10-6-3-4-7-12(10)15(11)17-14/h3-4,6-7,9H,2,5,8H2,1H3,(H,18,19). The van der Waals surface area contributed by atoms with Crippen molar-refractivity contribution in [2.24, 2.45) is 0 Å². The van der Waals surface area contributed by atoms with Gasteiger partial charge in [-0.3, -0.25) is 4.98 Å². The fourth-order valence-corrected chi connectivity index (χ4v) is 2.68. The van der Waals surface area contributed by atoms with Gasteiger partial charge in [-0.05, 0) is 23.6 Å². The number of benzene rings is 1. The van der Waals surface area contributed by atoms with Gasteiger partial charge in [0.05, 0.1) is 17.0 Å². The first-order valence-corrected chi connectivity index (χ1v) is 6.55. The molecule has 0 aliphatic heterocycles. The lowest BCUT2D eigenvalue weighted by Gasteiger charge is -2.08. The Hall–Kier alpha value is -2.16. The molecule has 0 saturated heterocycles. The Kier molecular flexibility index (Phi) is 2.82. The number of pyridine rings is 1. The third kappa shape index (κ3) is 1.91. The van der Waals surface area contributed by atoms with E-state index in [2.05, 4.69) is 17.1 Å². The molecule has 1 heterocycles. The minimum atomic E-state index is -0.880. The normalized spacial score (nSPS) is 12.1. The summed E-state index contributed by atoms with van der Waals surface area (Å²) in [6, 6.07) is 9.95. The molecule has 19 heavy (non-hydrogen) atoms. The predicted octanol–water partition coefficient (Wildman–Crippen LogP) is 3.30. The highest BCUT2D eigenvalue weighted by molar-refractivity contribution is 5.90. The quantitative estimate of drug-likeness (QED) is 0.779. The zero-order chi connectivity index (χ0) is 13.4. The number of fused-ring (bicyclic) bond motifs is 3. The highest BCUT2D eigenvalue weighted by atomic mass is 16.4. The molecule has 0 radical (unpaired) electrons. The number of nitrogens with zero attached hydrogens (tertiary/aromatic N) is 1. The number of hydrogen-bond donors (Lipinski definition) is 1. The van der Waals surface area contributed by atoms with E-state index in [1.54, 1.807) is 6.07 Å². The second kappa shape index (κ2) is 4.50. The third-order valence-corrected chi connectivity index (χ3v) is 3.55. The minimum absolute atomic E-state index is 0.355. The van der Waals surface area contributed by atoms with E-state index in [-0.39, 0.29) is 0 Å². The van der Waals surface area contributed by atoms with Crippen LogP contribution in [0.3, 0.4) is 0 Å². The van der Waals surface area contributed by atoms with E-state index in [0.29, 0.717) is 17.7 Å². The smallest absolute Gasteiger partial charge is 0.337 e. The lowest BCUT2D eigenvalue weighted by molar-refractivity contribution is 0.0695. The molecule has 1 aliphatic rings. The van der Waals surface area contributed by atoms with Crippen LogP contribution in [0.25, 0.3) is 11.3 Å². The highest BCUT2D eigenvalue weighted by Gasteiger charge is 2.23. The summed E-state index contributed by atoms with van der Waals surface area (Å²) in [4.78, 5) is 16.0. The topological polar surface area (TPSA) is 50.2 Å². The van der Waals surface area contributed by atoms with Crippen molar-refractivity contribution in [1.82, 2.24) is 4.98 Å². The fourth-order valence-electron chi connectivity index (χ4n) is 2.68. The van der Waals surface area contributed by atoms with Crippen LogP contribution in [-0.2, 0) is 12.8 Å². The van der Waals surface area contributed by atoms with E-state index in [4.69, 9.17) is 0 Å². The molecule has 3 rings (SSSR count). The van der Waals surface area contributed by atoms with E-state index >= 15 is 0 Å². The first-order valence-electron chi connectivity index (χ1n) is 6.55. The molecular formula is C16H15NO2. The summed E-state index contributed by atoms with van der Waals surface area (Å²) in [5.74, 6) is -0.880. The molecule has 0 spiro atoms. The largest absolute Gasteiger partial charge is 0.478 e. The molecule has 1 aromatic heterocycles. The molecule has 96 valence electrons. The Labute approximate surface area is 111 Å². The Morgan fingerprint density at radius 3 is 2.84 bits per heavy atom. The van der Waals surface area contributed by atoms with E-state index in [1.807, 2.05) is 19.1 Å². The SMILES string of the molecule is CCCc1nc2c(cc1C(=O)O)Cc1ccccc1-2. The number of aromatic carboxylic acids is 1. The van der Waals surface area contributed by atoms with Crippen molar-refractivity contribution in [3.63, 3.8) is 0 Å². The average molecular weight is 253 g/mol. The van der Waals surface area contributed by atoms with Crippen molar-refractivity contribution in [2.45, 2.75) is 26.2 Å². The summed E-state index contributed by atoms with van der Waals surface area (Å²) < 4.78 is 0. The van der Waals surface area contributed by atoms with Crippen LogP contribution in [0.15, 0.2) is 30.3 Å². The minimum Gasteiger partial charge on any atom is -0.478 e. The van der Waals surface area contributed by atoms with Crippen molar-refractivity contribution in [1.29, 1.82) is 0 Å². The van der Waals surface area contributed by atoms with Crippen LogP contribution in [0.1, 0.15) is 40.5 Å². The van der Waals surface area contributed by atoms with Crippen LogP contribution in [0, 0.1) is 0 Å². The van der Waals surface area contributed by atoms with Crippen molar-refractivity contribution in [3.05, 3.63) is 52.7 Å². The van der Waals surface area contributed by atoms with Gasteiger partial charge in [0.1, 0.15) is 0 Å². The first-order chi connectivity index (χ1) is 9.20. The molecule has 2 aromatic rings. The molecule has 1 N–H and O–H groups in total. The fraction of sp³-hybridized carbons (Fsp3) is 0.250. The number of carboxylic acid groups (broad SMARTS) is 1. The molecule has 0 fully saturated rings. The van der Waals surface area contributed by atoms with Crippen LogP contribution in [0.5, 0.6) is 0 Å². The molecular weight excluding hydrogens is 238 g/mol. The van der Waals surface area contributed by atoms with Crippen molar-refractivity contribution in [3.8, 4) is 11.3 Å². The second-order valence-electron chi connectivity index (χ2n) is 4.88. The second-order valence-corrected chi connectivity index (χ2v) is 4.88. The van der Waals surface area contributed by atoms with Gasteiger partial charge >= 0.3 is 5.97 Å². The van der Waals surface area contributed by atoms with Crippen LogP contribution in [0.2, 0.25) is 0 Å². The van der Waals surface area contributed by atoms with Gasteiger partial charge in [-0.15, -0.1) is 0 Å². The Balaban J connectivity index is 2.18. The molecule has 3 nitrogen and oxygen atoms in total. The van der Waals surface area contributed by atoms with Crippen molar-refractivity contribution >= 4 is 5.97 Å². The van der Waals surface area contributed by atoms with E-state index in [1.165, 1.54) is 5.56 Å². The first kappa shape index (κ1) is 11.9. The van der Waals surface area contributed by atoms with Gasteiger partial charge in [-0.2, -0.15) is 0 Å². The molecule has 0 bridgehead atoms. The lowest BCUT2D eigenvalue weighted by atomic mass is 10.0. The van der Waals surface area contributed by atoms with E-state index in [0.717, 1.165) is 29.7 Å². The Morgan fingerprint density at radius 2 is 2.11 bits per heavy atom. The van der Waals surface area contributed by atoms with Crippen LogP contribution < -0.4 is 0 Å². The summed E-state index contributed by atoms with van der Waals surface area (Å²) in [6.07, 6.45) is 2.38. The third-order valence-electron chi connectivity index (χ3n) is 3.55. The summed E-state index contributed by atoms with van der Waals surface area (Å²) >= 11 is 0. The van der Waals surface area contributed by atoms with E-state index in [9.17, 15) is 9.90 Å². The number of rotatable bonds is 3. The molecule has 1 aromatic carbocycles. The average Bonchev–Trinajstić information content (AvgIpc) is 2.76. The van der Waals surface area contributed by atoms with Gasteiger partial charge in [-0.25, -0.2) is 4.79 Å². The monoisotopic (exact) mass is 253 g/mol. The van der Waals surface area contributed by atoms with Crippen LogP contribution >= 0.6 is 0 Å². The van der Waals surface area contributed by atoms with Crippen LogP contribution in [-0.4, -0.2) is 16.1 Å². The lowest BCUT2D eigenvalue weighted by Crippen LogP contribution is -2.06. The number of carboxylic acids is 1. The van der Waals surface area contributed by atoms with Crippen molar-refractivity contribution < 1.29 is 9.90 Å². The number of aryl methyl sites for hydroxylation is 1. The summed E-state index contributed by atoms with van der Waals surface area (Å²) in [5.41, 5.74) is 5.42. The van der Waals surface area contributed by atoms with Crippen molar-refractivity contribution in [2.75, 3.05) is 0 Å². The summed E-state index contributed by atoms with van der Waals surface area (Å²) in [6.45, 7) is 2.04. The van der Waals surface area contributed by atoms with Gasteiger partial charge in [-0.1, -0.05) is 37.6 Å². The van der Waals surface area contributed by atoms with Gasteiger partial charge in [0, 0.05) is 12.0 Å². The molecule has 0 atom stereocenters. The zero-order valence-corrected chi connectivity index (χ0v) is 10.8.